The van der Waals surface area contributed by atoms with E-state index >= 15 is 0 Å². The Morgan fingerprint density at radius 2 is 2.06 bits per heavy atom. The van der Waals surface area contributed by atoms with E-state index in [2.05, 4.69) is 34.5 Å². The Morgan fingerprint density at radius 3 is 2.56 bits per heavy atom. The summed E-state index contributed by atoms with van der Waals surface area (Å²) < 4.78 is 5.31. The zero-order chi connectivity index (χ0) is 12.6. The standard InChI is InChI=1S/C14H17N3O/c1-18-9-14(6-7-14)11-4-2-10(3-5-11)12-8-16-17-13(12)15/h2-5,8H,6-7,9H2,1H3,(H3,15,16,17). The van der Waals surface area contributed by atoms with Crippen molar-refractivity contribution < 1.29 is 4.74 Å². The molecule has 1 saturated carbocycles. The molecule has 0 saturated heterocycles. The SMILES string of the molecule is COCC1(c2ccc(-c3cn[nH]c3N)cc2)CC1. The number of hydrogen-bond acceptors (Lipinski definition) is 3. The van der Waals surface area contributed by atoms with E-state index in [0.29, 0.717) is 5.82 Å². The van der Waals surface area contributed by atoms with Gasteiger partial charge in [-0.1, -0.05) is 24.3 Å². The maximum atomic E-state index is 5.82. The summed E-state index contributed by atoms with van der Waals surface area (Å²) in [5, 5.41) is 6.69. The highest BCUT2D eigenvalue weighted by Crippen LogP contribution is 2.48. The average Bonchev–Trinajstić information content (AvgIpc) is 3.05. The van der Waals surface area contributed by atoms with Gasteiger partial charge in [0.05, 0.1) is 12.8 Å². The molecule has 1 aliphatic carbocycles. The van der Waals surface area contributed by atoms with Crippen molar-refractivity contribution in [3.8, 4) is 11.1 Å². The van der Waals surface area contributed by atoms with E-state index in [1.165, 1.54) is 18.4 Å². The van der Waals surface area contributed by atoms with Crippen molar-refractivity contribution in [1.29, 1.82) is 0 Å². The molecule has 4 nitrogen and oxygen atoms in total. The summed E-state index contributed by atoms with van der Waals surface area (Å²) in [6.07, 6.45) is 4.19. The highest BCUT2D eigenvalue weighted by Gasteiger charge is 2.44. The van der Waals surface area contributed by atoms with Crippen molar-refractivity contribution in [1.82, 2.24) is 10.2 Å². The molecule has 18 heavy (non-hydrogen) atoms. The summed E-state index contributed by atoms with van der Waals surface area (Å²) in [5.41, 5.74) is 9.49. The van der Waals surface area contributed by atoms with Gasteiger partial charge in [-0.2, -0.15) is 5.10 Å². The summed E-state index contributed by atoms with van der Waals surface area (Å²) in [7, 11) is 1.76. The third kappa shape index (κ3) is 1.78. The summed E-state index contributed by atoms with van der Waals surface area (Å²) in [6, 6.07) is 8.56. The number of rotatable bonds is 4. The maximum absolute atomic E-state index is 5.82. The quantitative estimate of drug-likeness (QED) is 0.866. The van der Waals surface area contributed by atoms with E-state index in [0.717, 1.165) is 17.7 Å². The van der Waals surface area contributed by atoms with Gasteiger partial charge in [0.15, 0.2) is 0 Å². The van der Waals surface area contributed by atoms with Crippen molar-refractivity contribution in [3.05, 3.63) is 36.0 Å². The van der Waals surface area contributed by atoms with Crippen LogP contribution in [0, 0.1) is 0 Å². The molecule has 0 aliphatic heterocycles. The molecular weight excluding hydrogens is 226 g/mol. The lowest BCUT2D eigenvalue weighted by Gasteiger charge is -2.14. The Morgan fingerprint density at radius 1 is 1.33 bits per heavy atom. The smallest absolute Gasteiger partial charge is 0.126 e. The Labute approximate surface area is 106 Å². The minimum atomic E-state index is 0.259. The molecule has 2 aromatic rings. The Balaban J connectivity index is 1.88. The van der Waals surface area contributed by atoms with Crippen molar-refractivity contribution in [2.24, 2.45) is 0 Å². The number of ether oxygens (including phenoxy) is 1. The molecule has 0 radical (unpaired) electrons. The van der Waals surface area contributed by atoms with Crippen LogP contribution in [0.3, 0.4) is 0 Å². The fourth-order valence-electron chi connectivity index (χ4n) is 2.47. The summed E-state index contributed by atoms with van der Waals surface area (Å²) in [5.74, 6) is 0.612. The fourth-order valence-corrected chi connectivity index (χ4v) is 2.47. The van der Waals surface area contributed by atoms with Crippen LogP contribution in [-0.2, 0) is 10.2 Å². The van der Waals surface area contributed by atoms with Crippen LogP contribution in [0.5, 0.6) is 0 Å². The van der Waals surface area contributed by atoms with Crippen molar-refractivity contribution in [3.63, 3.8) is 0 Å². The van der Waals surface area contributed by atoms with Crippen LogP contribution in [-0.4, -0.2) is 23.9 Å². The number of H-pyrrole nitrogens is 1. The van der Waals surface area contributed by atoms with Crippen LogP contribution in [0.1, 0.15) is 18.4 Å². The second-order valence-corrected chi connectivity index (χ2v) is 4.99. The predicted octanol–water partition coefficient (Wildman–Crippen LogP) is 2.34. The lowest BCUT2D eigenvalue weighted by Crippen LogP contribution is -2.13. The van der Waals surface area contributed by atoms with E-state index in [1.54, 1.807) is 13.3 Å². The Kier molecular flexibility index (Phi) is 2.59. The number of aromatic nitrogens is 2. The molecule has 3 rings (SSSR count). The van der Waals surface area contributed by atoms with Crippen molar-refractivity contribution in [2.45, 2.75) is 18.3 Å². The second kappa shape index (κ2) is 4.14. The number of hydrogen-bond donors (Lipinski definition) is 2. The highest BCUT2D eigenvalue weighted by atomic mass is 16.5. The lowest BCUT2D eigenvalue weighted by molar-refractivity contribution is 0.171. The second-order valence-electron chi connectivity index (χ2n) is 4.99. The molecule has 3 N–H and O–H groups in total. The predicted molar refractivity (Wildman–Crippen MR) is 71.2 cm³/mol. The summed E-state index contributed by atoms with van der Waals surface area (Å²) in [6.45, 7) is 0.806. The molecule has 4 heteroatoms. The molecule has 0 amide bonds. The van der Waals surface area contributed by atoms with Gasteiger partial charge < -0.3 is 10.5 Å². The van der Waals surface area contributed by atoms with Crippen LogP contribution < -0.4 is 5.73 Å². The van der Waals surface area contributed by atoms with E-state index in [4.69, 9.17) is 10.5 Å². The summed E-state index contributed by atoms with van der Waals surface area (Å²) >= 11 is 0. The van der Waals surface area contributed by atoms with Crippen LogP contribution in [0.25, 0.3) is 11.1 Å². The molecule has 0 atom stereocenters. The summed E-state index contributed by atoms with van der Waals surface area (Å²) in [4.78, 5) is 0. The number of nitrogen functional groups attached to an aromatic ring is 1. The van der Waals surface area contributed by atoms with E-state index in [9.17, 15) is 0 Å². The van der Waals surface area contributed by atoms with Crippen molar-refractivity contribution >= 4 is 5.82 Å². The molecule has 0 spiro atoms. The van der Waals surface area contributed by atoms with Crippen LogP contribution in [0.15, 0.2) is 30.5 Å². The third-order valence-electron chi connectivity index (χ3n) is 3.75. The Hall–Kier alpha value is -1.81. The van der Waals surface area contributed by atoms with Gasteiger partial charge in [-0.3, -0.25) is 5.10 Å². The molecule has 1 heterocycles. The van der Waals surface area contributed by atoms with Gasteiger partial charge in [-0.15, -0.1) is 0 Å². The van der Waals surface area contributed by atoms with Crippen molar-refractivity contribution in [2.75, 3.05) is 19.5 Å². The largest absolute Gasteiger partial charge is 0.384 e. The molecule has 1 aromatic carbocycles. The highest BCUT2D eigenvalue weighted by molar-refractivity contribution is 5.73. The van der Waals surface area contributed by atoms with Gasteiger partial charge in [-0.25, -0.2) is 0 Å². The molecule has 0 unspecified atom stereocenters. The minimum absolute atomic E-state index is 0.259. The lowest BCUT2D eigenvalue weighted by atomic mass is 9.95. The fraction of sp³-hybridized carbons (Fsp3) is 0.357. The number of anilines is 1. The Bertz CT molecular complexity index is 540. The number of nitrogens with zero attached hydrogens (tertiary/aromatic N) is 1. The van der Waals surface area contributed by atoms with Crippen LogP contribution in [0.2, 0.25) is 0 Å². The number of benzene rings is 1. The molecule has 1 aromatic heterocycles. The molecular formula is C14H17N3O. The monoisotopic (exact) mass is 243 g/mol. The molecule has 1 fully saturated rings. The average molecular weight is 243 g/mol. The first-order chi connectivity index (χ1) is 8.75. The number of methoxy groups -OCH3 is 1. The van der Waals surface area contributed by atoms with Gasteiger partial charge in [-0.05, 0) is 24.0 Å². The van der Waals surface area contributed by atoms with Gasteiger partial charge in [0.1, 0.15) is 5.82 Å². The molecule has 94 valence electrons. The van der Waals surface area contributed by atoms with Gasteiger partial charge in [0.2, 0.25) is 0 Å². The first-order valence-corrected chi connectivity index (χ1v) is 6.14. The van der Waals surface area contributed by atoms with E-state index in [-0.39, 0.29) is 5.41 Å². The van der Waals surface area contributed by atoms with Crippen LogP contribution >= 0.6 is 0 Å². The minimum Gasteiger partial charge on any atom is -0.384 e. The zero-order valence-electron chi connectivity index (χ0n) is 10.4. The molecule has 1 aliphatic rings. The van der Waals surface area contributed by atoms with Gasteiger partial charge in [0.25, 0.3) is 0 Å². The van der Waals surface area contributed by atoms with Gasteiger partial charge in [0, 0.05) is 18.1 Å². The number of nitrogens with two attached hydrogens (primary N) is 1. The number of nitrogens with one attached hydrogen (secondary N) is 1. The molecule has 0 bridgehead atoms. The van der Waals surface area contributed by atoms with Gasteiger partial charge >= 0.3 is 0 Å². The number of aromatic amines is 1. The van der Waals surface area contributed by atoms with E-state index in [1.807, 2.05) is 0 Å². The first-order valence-electron chi connectivity index (χ1n) is 6.14. The topological polar surface area (TPSA) is 63.9 Å². The maximum Gasteiger partial charge on any atom is 0.126 e. The zero-order valence-corrected chi connectivity index (χ0v) is 10.4. The normalized spacial score (nSPS) is 16.7. The van der Waals surface area contributed by atoms with E-state index < -0.39 is 0 Å². The first kappa shape index (κ1) is 11.3. The third-order valence-corrected chi connectivity index (χ3v) is 3.75. The van der Waals surface area contributed by atoms with Crippen LogP contribution in [0.4, 0.5) is 5.82 Å².